The second-order valence-electron chi connectivity index (χ2n) is 6.20. The minimum Gasteiger partial charge on any atom is -0.293 e. The highest BCUT2D eigenvalue weighted by molar-refractivity contribution is 7.89. The van der Waals surface area contributed by atoms with E-state index in [9.17, 15) is 8.42 Å². The third-order valence-corrected chi connectivity index (χ3v) is 6.66. The van der Waals surface area contributed by atoms with E-state index in [4.69, 9.17) is 11.6 Å². The van der Waals surface area contributed by atoms with Crippen LogP contribution in [0, 0.1) is 0 Å². The van der Waals surface area contributed by atoms with Crippen LogP contribution in [0.3, 0.4) is 0 Å². The zero-order valence-corrected chi connectivity index (χ0v) is 15.6. The van der Waals surface area contributed by atoms with Gasteiger partial charge in [-0.25, -0.2) is 12.7 Å². The first kappa shape index (κ1) is 17.4. The van der Waals surface area contributed by atoms with Gasteiger partial charge in [0.05, 0.1) is 21.8 Å². The maximum atomic E-state index is 12.5. The molecule has 0 atom stereocenters. The number of benzene rings is 1. The summed E-state index contributed by atoms with van der Waals surface area (Å²) in [5.74, 6) is 0. The summed E-state index contributed by atoms with van der Waals surface area (Å²) in [5.41, 5.74) is 2.96. The summed E-state index contributed by atoms with van der Waals surface area (Å²) in [7, 11) is 1.58. The van der Waals surface area contributed by atoms with Gasteiger partial charge < -0.3 is 0 Å². The lowest BCUT2D eigenvalue weighted by atomic mass is 9.99. The average Bonchev–Trinajstić information content (AvgIpc) is 2.86. The number of sulfonamides is 1. The molecule has 1 aliphatic rings. The zero-order valence-electron chi connectivity index (χ0n) is 14.0. The lowest BCUT2D eigenvalue weighted by molar-refractivity contribution is 0.238. The number of rotatable bonds is 4. The molecule has 3 rings (SSSR count). The Bertz CT molecular complexity index is 841. The van der Waals surface area contributed by atoms with Crippen molar-refractivity contribution >= 4 is 21.6 Å². The first-order valence-electron chi connectivity index (χ1n) is 7.72. The summed E-state index contributed by atoms with van der Waals surface area (Å²) in [6.45, 7) is 2.18. The Hall–Kier alpha value is -1.41. The van der Waals surface area contributed by atoms with E-state index >= 15 is 0 Å². The molecule has 2 heterocycles. The van der Waals surface area contributed by atoms with Crippen LogP contribution in [-0.4, -0.2) is 48.0 Å². The maximum Gasteiger partial charge on any atom is 0.242 e. The summed E-state index contributed by atoms with van der Waals surface area (Å²) in [6, 6.07) is 5.51. The molecule has 0 fully saturated rings. The monoisotopic (exact) mass is 368 g/mol. The van der Waals surface area contributed by atoms with Crippen molar-refractivity contribution in [2.24, 2.45) is 7.05 Å². The molecule has 1 aromatic heterocycles. The molecule has 0 saturated carbocycles. The Labute approximate surface area is 147 Å². The van der Waals surface area contributed by atoms with Gasteiger partial charge in [0.1, 0.15) is 0 Å². The highest BCUT2D eigenvalue weighted by atomic mass is 35.5. The summed E-state index contributed by atoms with van der Waals surface area (Å²) in [6.07, 6.45) is 2.35. The standard InChI is InChI=1S/C16H21ClN4O2S/c1-19(2)24(22,23)16-6-4-5-12-10-21(8-7-13(12)16)11-15-14(17)9-18-20(15)3/h4-6,9H,7-8,10-11H2,1-3H3. The highest BCUT2D eigenvalue weighted by Gasteiger charge is 2.26. The number of aryl methyl sites for hydroxylation is 1. The fourth-order valence-electron chi connectivity index (χ4n) is 3.03. The molecule has 2 aromatic rings. The lowest BCUT2D eigenvalue weighted by Crippen LogP contribution is -2.33. The van der Waals surface area contributed by atoms with Crippen LogP contribution in [0.2, 0.25) is 5.02 Å². The molecule has 8 heteroatoms. The first-order valence-corrected chi connectivity index (χ1v) is 9.54. The largest absolute Gasteiger partial charge is 0.293 e. The van der Waals surface area contributed by atoms with Gasteiger partial charge in [0.2, 0.25) is 10.0 Å². The molecule has 0 spiro atoms. The zero-order chi connectivity index (χ0) is 17.5. The smallest absolute Gasteiger partial charge is 0.242 e. The van der Waals surface area contributed by atoms with Gasteiger partial charge >= 0.3 is 0 Å². The van der Waals surface area contributed by atoms with Gasteiger partial charge in [-0.1, -0.05) is 23.7 Å². The van der Waals surface area contributed by atoms with E-state index in [0.717, 1.165) is 23.4 Å². The van der Waals surface area contributed by atoms with Crippen LogP contribution in [-0.2, 0) is 36.6 Å². The minimum absolute atomic E-state index is 0.420. The summed E-state index contributed by atoms with van der Waals surface area (Å²) in [5, 5.41) is 4.82. The molecule has 0 unspecified atom stereocenters. The van der Waals surface area contributed by atoms with E-state index in [1.54, 1.807) is 31.0 Å². The normalized spacial score (nSPS) is 15.7. The van der Waals surface area contributed by atoms with Gasteiger partial charge in [-0.05, 0) is 23.6 Å². The number of halogens is 1. The lowest BCUT2D eigenvalue weighted by Gasteiger charge is -2.30. The topological polar surface area (TPSA) is 58.4 Å². The van der Waals surface area contributed by atoms with E-state index < -0.39 is 10.0 Å². The van der Waals surface area contributed by atoms with Gasteiger partial charge in [-0.2, -0.15) is 5.10 Å². The second-order valence-corrected chi connectivity index (χ2v) is 8.73. The molecule has 1 aromatic carbocycles. The number of fused-ring (bicyclic) bond motifs is 1. The van der Waals surface area contributed by atoms with E-state index in [1.165, 1.54) is 4.31 Å². The molecule has 0 aliphatic carbocycles. The minimum atomic E-state index is -3.42. The molecular weight excluding hydrogens is 348 g/mol. The van der Waals surface area contributed by atoms with Crippen molar-refractivity contribution in [3.8, 4) is 0 Å². The Balaban J connectivity index is 1.88. The van der Waals surface area contributed by atoms with Crippen molar-refractivity contribution in [2.75, 3.05) is 20.6 Å². The van der Waals surface area contributed by atoms with Gasteiger partial charge in [0, 0.05) is 40.8 Å². The Morgan fingerprint density at radius 3 is 2.71 bits per heavy atom. The SMILES string of the molecule is CN(C)S(=O)(=O)c1cccc2c1CCN(Cc1c(Cl)cnn1C)C2. The second kappa shape index (κ2) is 6.48. The summed E-state index contributed by atoms with van der Waals surface area (Å²) < 4.78 is 28.1. The van der Waals surface area contributed by atoms with Crippen LogP contribution in [0.5, 0.6) is 0 Å². The summed E-state index contributed by atoms with van der Waals surface area (Å²) >= 11 is 6.19. The van der Waals surface area contributed by atoms with Gasteiger partial charge in [0.25, 0.3) is 0 Å². The van der Waals surface area contributed by atoms with Crippen LogP contribution in [0.15, 0.2) is 29.3 Å². The van der Waals surface area contributed by atoms with Crippen molar-refractivity contribution in [2.45, 2.75) is 24.4 Å². The van der Waals surface area contributed by atoms with Gasteiger partial charge in [0.15, 0.2) is 0 Å². The Kier molecular flexibility index (Phi) is 4.70. The number of hydrogen-bond donors (Lipinski definition) is 0. The average molecular weight is 369 g/mol. The third kappa shape index (κ3) is 3.09. The quantitative estimate of drug-likeness (QED) is 0.826. The van der Waals surface area contributed by atoms with Crippen LogP contribution >= 0.6 is 11.6 Å². The fraction of sp³-hybridized carbons (Fsp3) is 0.438. The van der Waals surface area contributed by atoms with Crippen LogP contribution in [0.4, 0.5) is 0 Å². The molecule has 0 radical (unpaired) electrons. The molecule has 1 aliphatic heterocycles. The predicted molar refractivity (Wildman–Crippen MR) is 93.4 cm³/mol. The van der Waals surface area contributed by atoms with Crippen LogP contribution in [0.1, 0.15) is 16.8 Å². The molecule has 6 nitrogen and oxygen atoms in total. The molecule has 0 bridgehead atoms. The van der Waals surface area contributed by atoms with Crippen molar-refractivity contribution in [1.29, 1.82) is 0 Å². The maximum absolute atomic E-state index is 12.5. The van der Waals surface area contributed by atoms with Gasteiger partial charge in [-0.3, -0.25) is 9.58 Å². The van der Waals surface area contributed by atoms with E-state index in [1.807, 2.05) is 19.2 Å². The van der Waals surface area contributed by atoms with E-state index in [-0.39, 0.29) is 0 Å². The van der Waals surface area contributed by atoms with Crippen molar-refractivity contribution in [3.63, 3.8) is 0 Å². The molecule has 24 heavy (non-hydrogen) atoms. The summed E-state index contributed by atoms with van der Waals surface area (Å²) in [4.78, 5) is 2.68. The molecule has 0 saturated heterocycles. The van der Waals surface area contributed by atoms with E-state index in [2.05, 4.69) is 10.00 Å². The Morgan fingerprint density at radius 2 is 2.08 bits per heavy atom. The molecular formula is C16H21ClN4O2S. The molecule has 0 N–H and O–H groups in total. The van der Waals surface area contributed by atoms with Gasteiger partial charge in [-0.15, -0.1) is 0 Å². The van der Waals surface area contributed by atoms with Crippen molar-refractivity contribution < 1.29 is 8.42 Å². The highest BCUT2D eigenvalue weighted by Crippen LogP contribution is 2.28. The van der Waals surface area contributed by atoms with Crippen LogP contribution in [0.25, 0.3) is 0 Å². The number of nitrogens with zero attached hydrogens (tertiary/aromatic N) is 4. The predicted octanol–water partition coefficient (Wildman–Crippen LogP) is 1.88. The van der Waals surface area contributed by atoms with E-state index in [0.29, 0.717) is 29.4 Å². The Morgan fingerprint density at radius 1 is 1.33 bits per heavy atom. The molecule has 0 amide bonds. The number of hydrogen-bond acceptors (Lipinski definition) is 4. The third-order valence-electron chi connectivity index (χ3n) is 4.44. The van der Waals surface area contributed by atoms with Crippen molar-refractivity contribution in [3.05, 3.63) is 46.2 Å². The van der Waals surface area contributed by atoms with Crippen LogP contribution < -0.4 is 0 Å². The first-order chi connectivity index (χ1) is 11.3. The molecule has 130 valence electrons. The van der Waals surface area contributed by atoms with Crippen molar-refractivity contribution in [1.82, 2.24) is 19.0 Å². The number of aromatic nitrogens is 2. The fourth-order valence-corrected chi connectivity index (χ4v) is 4.45.